The molecule has 1 rings (SSSR count). The molecule has 0 fully saturated rings. The molecule has 0 aliphatic carbocycles. The molecule has 1 amide bonds. The molecule has 0 spiro atoms. The van der Waals surface area contributed by atoms with Gasteiger partial charge in [0.05, 0.1) is 0 Å². The predicted molar refractivity (Wildman–Crippen MR) is 69.6 cm³/mol. The summed E-state index contributed by atoms with van der Waals surface area (Å²) in [7, 11) is 0. The molecule has 0 saturated carbocycles. The summed E-state index contributed by atoms with van der Waals surface area (Å²) in [6.07, 6.45) is -4.73. The van der Waals surface area contributed by atoms with Gasteiger partial charge in [0.15, 0.2) is 0 Å². The van der Waals surface area contributed by atoms with Crippen molar-refractivity contribution in [2.45, 2.75) is 46.1 Å². The molecule has 6 heteroatoms. The molecule has 0 saturated heterocycles. The Morgan fingerprint density at radius 1 is 1.05 bits per heavy atom. The molecule has 112 valence electrons. The van der Waals surface area contributed by atoms with Crippen molar-refractivity contribution < 1.29 is 22.7 Å². The minimum Gasteiger partial charge on any atom is -0.406 e. The lowest BCUT2D eigenvalue weighted by Crippen LogP contribution is -2.42. The van der Waals surface area contributed by atoms with Crippen LogP contribution in [0.4, 0.5) is 13.2 Å². The van der Waals surface area contributed by atoms with Crippen molar-refractivity contribution in [1.82, 2.24) is 4.90 Å². The number of amides is 1. The molecule has 3 nitrogen and oxygen atoms in total. The molecular formula is C14H18F3NO2. The third-order valence-corrected chi connectivity index (χ3v) is 2.68. The average molecular weight is 289 g/mol. The fraction of sp³-hybridized carbons (Fsp3) is 0.500. The number of ether oxygens (including phenoxy) is 1. The molecule has 1 aromatic rings. The van der Waals surface area contributed by atoms with Crippen LogP contribution < -0.4 is 4.74 Å². The second-order valence-electron chi connectivity index (χ2n) is 4.97. The smallest absolute Gasteiger partial charge is 0.406 e. The highest BCUT2D eigenvalue weighted by atomic mass is 19.4. The fourth-order valence-electron chi connectivity index (χ4n) is 2.01. The van der Waals surface area contributed by atoms with E-state index in [2.05, 4.69) is 4.74 Å². The predicted octanol–water partition coefficient (Wildman–Crippen LogP) is 3.84. The Kier molecular flexibility index (Phi) is 5.03. The maximum atomic E-state index is 12.3. The van der Waals surface area contributed by atoms with Crippen molar-refractivity contribution >= 4 is 5.91 Å². The first-order chi connectivity index (χ1) is 9.11. The van der Waals surface area contributed by atoms with Gasteiger partial charge in [0.2, 0.25) is 0 Å². The third kappa shape index (κ3) is 4.43. The highest BCUT2D eigenvalue weighted by molar-refractivity contribution is 5.94. The Morgan fingerprint density at radius 2 is 1.50 bits per heavy atom. The van der Waals surface area contributed by atoms with Crippen LogP contribution in [-0.4, -0.2) is 29.3 Å². The normalized spacial score (nSPS) is 11.8. The van der Waals surface area contributed by atoms with Gasteiger partial charge < -0.3 is 9.64 Å². The lowest BCUT2D eigenvalue weighted by Gasteiger charge is -2.30. The number of nitrogens with zero attached hydrogens (tertiary/aromatic N) is 1. The van der Waals surface area contributed by atoms with Crippen LogP contribution in [-0.2, 0) is 0 Å². The molecule has 0 aromatic heterocycles. The van der Waals surface area contributed by atoms with Crippen LogP contribution in [0.5, 0.6) is 5.75 Å². The van der Waals surface area contributed by atoms with Crippen molar-refractivity contribution in [2.24, 2.45) is 0 Å². The summed E-state index contributed by atoms with van der Waals surface area (Å²) in [6, 6.07) is 4.96. The number of hydrogen-bond acceptors (Lipinski definition) is 2. The first-order valence-electron chi connectivity index (χ1n) is 6.30. The number of benzene rings is 1. The van der Waals surface area contributed by atoms with E-state index in [4.69, 9.17) is 0 Å². The zero-order valence-electron chi connectivity index (χ0n) is 11.9. The van der Waals surface area contributed by atoms with Crippen molar-refractivity contribution in [3.8, 4) is 5.75 Å². The highest BCUT2D eigenvalue weighted by Crippen LogP contribution is 2.23. The molecule has 0 N–H and O–H groups in total. The Bertz CT molecular complexity index is 444. The maximum Gasteiger partial charge on any atom is 0.573 e. The van der Waals surface area contributed by atoms with Crippen molar-refractivity contribution in [2.75, 3.05) is 0 Å². The molecule has 1 aromatic carbocycles. The second kappa shape index (κ2) is 6.15. The number of hydrogen-bond donors (Lipinski definition) is 0. The Morgan fingerprint density at radius 3 is 1.85 bits per heavy atom. The summed E-state index contributed by atoms with van der Waals surface area (Å²) >= 11 is 0. The van der Waals surface area contributed by atoms with Crippen LogP contribution in [0.2, 0.25) is 0 Å². The lowest BCUT2D eigenvalue weighted by molar-refractivity contribution is -0.274. The zero-order valence-corrected chi connectivity index (χ0v) is 11.9. The van der Waals surface area contributed by atoms with Gasteiger partial charge in [-0.15, -0.1) is 13.2 Å². The van der Waals surface area contributed by atoms with Crippen LogP contribution in [0.15, 0.2) is 24.3 Å². The van der Waals surface area contributed by atoms with Gasteiger partial charge in [-0.2, -0.15) is 0 Å². The number of rotatable bonds is 4. The lowest BCUT2D eigenvalue weighted by atomic mass is 10.1. The second-order valence-corrected chi connectivity index (χ2v) is 4.97. The molecule has 20 heavy (non-hydrogen) atoms. The van der Waals surface area contributed by atoms with Crippen molar-refractivity contribution in [3.05, 3.63) is 29.8 Å². The summed E-state index contributed by atoms with van der Waals surface area (Å²) in [6.45, 7) is 7.55. The van der Waals surface area contributed by atoms with Gasteiger partial charge in [-0.1, -0.05) is 0 Å². The van der Waals surface area contributed by atoms with Gasteiger partial charge in [-0.05, 0) is 52.0 Å². The maximum absolute atomic E-state index is 12.3. The summed E-state index contributed by atoms with van der Waals surface area (Å²) < 4.78 is 39.9. The molecule has 0 aliphatic heterocycles. The first kappa shape index (κ1) is 16.3. The van der Waals surface area contributed by atoms with Crippen LogP contribution in [0.25, 0.3) is 0 Å². The van der Waals surface area contributed by atoms with Crippen molar-refractivity contribution in [1.29, 1.82) is 0 Å². The fourth-order valence-corrected chi connectivity index (χ4v) is 2.01. The van der Waals surface area contributed by atoms with E-state index in [1.54, 1.807) is 4.90 Å². The number of carbonyl (C=O) groups excluding carboxylic acids is 1. The van der Waals surface area contributed by atoms with Crippen LogP contribution in [0.3, 0.4) is 0 Å². The van der Waals surface area contributed by atoms with Gasteiger partial charge in [-0.3, -0.25) is 4.79 Å². The summed E-state index contributed by atoms with van der Waals surface area (Å²) in [5.41, 5.74) is 0.335. The number of halogens is 3. The standard InChI is InChI=1S/C14H18F3NO2/c1-9(2)18(10(3)4)13(19)11-5-7-12(8-6-11)20-14(15,16)17/h5-10H,1-4H3. The van der Waals surface area contributed by atoms with Crippen molar-refractivity contribution in [3.63, 3.8) is 0 Å². The minimum atomic E-state index is -4.73. The number of alkyl halides is 3. The van der Waals surface area contributed by atoms with Crippen LogP contribution >= 0.6 is 0 Å². The molecule has 0 unspecified atom stereocenters. The largest absolute Gasteiger partial charge is 0.573 e. The Labute approximate surface area is 116 Å². The third-order valence-electron chi connectivity index (χ3n) is 2.68. The highest BCUT2D eigenvalue weighted by Gasteiger charge is 2.31. The average Bonchev–Trinajstić information content (AvgIpc) is 2.26. The van der Waals surface area contributed by atoms with E-state index in [1.807, 2.05) is 27.7 Å². The quantitative estimate of drug-likeness (QED) is 0.842. The monoisotopic (exact) mass is 289 g/mol. The molecule has 0 atom stereocenters. The Balaban J connectivity index is 2.90. The SMILES string of the molecule is CC(C)N(C(=O)c1ccc(OC(F)(F)F)cc1)C(C)C. The van der Waals surface area contributed by atoms with E-state index in [0.717, 1.165) is 12.1 Å². The molecule has 0 aliphatic rings. The molecular weight excluding hydrogens is 271 g/mol. The summed E-state index contributed by atoms with van der Waals surface area (Å²) in [5.74, 6) is -0.553. The molecule has 0 radical (unpaired) electrons. The van der Waals surface area contributed by atoms with Gasteiger partial charge in [0.25, 0.3) is 5.91 Å². The molecule has 0 bridgehead atoms. The summed E-state index contributed by atoms with van der Waals surface area (Å²) in [4.78, 5) is 14.0. The van der Waals surface area contributed by atoms with E-state index < -0.39 is 6.36 Å². The van der Waals surface area contributed by atoms with Crippen LogP contribution in [0, 0.1) is 0 Å². The van der Waals surface area contributed by atoms with Gasteiger partial charge in [0.1, 0.15) is 5.75 Å². The Hall–Kier alpha value is -1.72. The summed E-state index contributed by atoms with van der Waals surface area (Å²) in [5, 5.41) is 0. The minimum absolute atomic E-state index is 0.00796. The van der Waals surface area contributed by atoms with Crippen LogP contribution in [0.1, 0.15) is 38.1 Å². The topological polar surface area (TPSA) is 29.5 Å². The van der Waals surface area contributed by atoms with E-state index in [-0.39, 0.29) is 23.7 Å². The first-order valence-corrected chi connectivity index (χ1v) is 6.30. The van der Waals surface area contributed by atoms with E-state index in [9.17, 15) is 18.0 Å². The van der Waals surface area contributed by atoms with E-state index in [1.165, 1.54) is 12.1 Å². The van der Waals surface area contributed by atoms with Gasteiger partial charge >= 0.3 is 6.36 Å². The zero-order chi connectivity index (χ0) is 15.5. The molecule has 0 heterocycles. The van der Waals surface area contributed by atoms with Gasteiger partial charge in [-0.25, -0.2) is 0 Å². The number of carbonyl (C=O) groups is 1. The van der Waals surface area contributed by atoms with E-state index >= 15 is 0 Å². The van der Waals surface area contributed by atoms with E-state index in [0.29, 0.717) is 5.56 Å². The van der Waals surface area contributed by atoms with Gasteiger partial charge in [0, 0.05) is 17.6 Å².